The highest BCUT2D eigenvalue weighted by Crippen LogP contribution is 2.45. The minimum atomic E-state index is -5.01. The normalized spacial score (nSPS) is 14.9. The first-order chi connectivity index (χ1) is 49.7. The number of rotatable bonds is 70. The van der Waals surface area contributed by atoms with Crippen LogP contribution in [0, 0.1) is 0 Å². The molecule has 0 heterocycles. The molecule has 3 N–H and O–H groups in total. The molecule has 0 aromatic heterocycles. The van der Waals surface area contributed by atoms with Gasteiger partial charge in [-0.1, -0.05) is 262 Å². The van der Waals surface area contributed by atoms with Crippen molar-refractivity contribution in [3.05, 3.63) is 170 Å². The lowest BCUT2D eigenvalue weighted by molar-refractivity contribution is -0.161. The third-order valence-electron chi connectivity index (χ3n) is 15.2. The monoisotopic (exact) mass is 1460 g/mol. The van der Waals surface area contributed by atoms with Crippen molar-refractivity contribution in [3.63, 3.8) is 0 Å². The zero-order valence-electron chi connectivity index (χ0n) is 63.0. The smallest absolute Gasteiger partial charge is 0.462 e. The van der Waals surface area contributed by atoms with Crippen molar-refractivity contribution in [2.45, 2.75) is 290 Å². The molecule has 0 rings (SSSR count). The molecule has 17 nitrogen and oxygen atoms in total. The molecular formula is C83H134O17P2. The van der Waals surface area contributed by atoms with E-state index in [1.807, 2.05) is 24.3 Å². The number of aliphatic hydroxyl groups is 1. The fraction of sp³-hybridized carbons (Fsp3) is 0.614. The molecule has 102 heavy (non-hydrogen) atoms. The Kier molecular flexibility index (Phi) is 69.7. The zero-order chi connectivity index (χ0) is 74.6. The zero-order valence-corrected chi connectivity index (χ0v) is 64.8. The second-order valence-corrected chi connectivity index (χ2v) is 27.7. The van der Waals surface area contributed by atoms with E-state index >= 15 is 0 Å². The Balaban J connectivity index is 5.45. The fourth-order valence-electron chi connectivity index (χ4n) is 9.41. The Bertz CT molecular complexity index is 2600. The number of carbonyl (C=O) groups is 4. The van der Waals surface area contributed by atoms with Crippen LogP contribution >= 0.6 is 15.6 Å². The van der Waals surface area contributed by atoms with Gasteiger partial charge in [-0.3, -0.25) is 37.3 Å². The van der Waals surface area contributed by atoms with Gasteiger partial charge in [0.1, 0.15) is 19.3 Å². The number of hydrogen-bond donors (Lipinski definition) is 3. The van der Waals surface area contributed by atoms with Crippen molar-refractivity contribution in [1.82, 2.24) is 0 Å². The van der Waals surface area contributed by atoms with E-state index in [1.165, 1.54) is 12.8 Å². The third kappa shape index (κ3) is 72.8. The lowest BCUT2D eigenvalue weighted by atomic mass is 10.1. The van der Waals surface area contributed by atoms with Crippen LogP contribution in [0.1, 0.15) is 272 Å². The number of phosphoric acid groups is 2. The second kappa shape index (κ2) is 73.7. The minimum Gasteiger partial charge on any atom is -0.462 e. The topological polar surface area (TPSA) is 237 Å². The van der Waals surface area contributed by atoms with E-state index in [0.717, 1.165) is 167 Å². The Morgan fingerprint density at radius 3 is 0.873 bits per heavy atom. The predicted octanol–water partition coefficient (Wildman–Crippen LogP) is 22.2. The largest absolute Gasteiger partial charge is 0.472 e. The Morgan fingerprint density at radius 2 is 0.529 bits per heavy atom. The third-order valence-corrected chi connectivity index (χ3v) is 17.1. The molecule has 0 saturated carbocycles. The minimum absolute atomic E-state index is 0.0204. The Labute approximate surface area is 616 Å². The van der Waals surface area contributed by atoms with Crippen LogP contribution in [0.4, 0.5) is 0 Å². The molecule has 0 aliphatic heterocycles. The van der Waals surface area contributed by atoms with E-state index in [2.05, 4.69) is 174 Å². The molecule has 0 aromatic carbocycles. The second-order valence-electron chi connectivity index (χ2n) is 24.8. The summed E-state index contributed by atoms with van der Waals surface area (Å²) in [5.74, 6) is -2.36. The highest BCUT2D eigenvalue weighted by Gasteiger charge is 2.30. The summed E-state index contributed by atoms with van der Waals surface area (Å²) < 4.78 is 68.3. The average Bonchev–Trinajstić information content (AvgIpc) is 0.939. The van der Waals surface area contributed by atoms with Crippen LogP contribution in [0.5, 0.6) is 0 Å². The number of phosphoric ester groups is 2. The fourth-order valence-corrected chi connectivity index (χ4v) is 11.0. The van der Waals surface area contributed by atoms with Crippen LogP contribution < -0.4 is 0 Å². The molecule has 19 heteroatoms. The number of hydrogen-bond acceptors (Lipinski definition) is 15. The van der Waals surface area contributed by atoms with Gasteiger partial charge in [0, 0.05) is 25.7 Å². The van der Waals surface area contributed by atoms with Crippen molar-refractivity contribution in [2.75, 3.05) is 39.6 Å². The Morgan fingerprint density at radius 1 is 0.284 bits per heavy atom. The highest BCUT2D eigenvalue weighted by molar-refractivity contribution is 7.47. The van der Waals surface area contributed by atoms with E-state index < -0.39 is 97.5 Å². The summed E-state index contributed by atoms with van der Waals surface area (Å²) >= 11 is 0. The molecule has 0 aliphatic carbocycles. The maximum Gasteiger partial charge on any atom is 0.472 e. The van der Waals surface area contributed by atoms with E-state index in [-0.39, 0.29) is 25.7 Å². The molecule has 0 aliphatic rings. The quantitative estimate of drug-likeness (QED) is 0.0169. The van der Waals surface area contributed by atoms with Crippen LogP contribution in [0.2, 0.25) is 0 Å². The van der Waals surface area contributed by atoms with Crippen molar-refractivity contribution in [3.8, 4) is 0 Å². The lowest BCUT2D eigenvalue weighted by Crippen LogP contribution is -2.30. The molecule has 0 radical (unpaired) electrons. The van der Waals surface area contributed by atoms with E-state index in [9.17, 15) is 43.2 Å². The lowest BCUT2D eigenvalue weighted by Gasteiger charge is -2.21. The van der Waals surface area contributed by atoms with Crippen molar-refractivity contribution in [1.29, 1.82) is 0 Å². The first kappa shape index (κ1) is 96.4. The van der Waals surface area contributed by atoms with Gasteiger partial charge in [0.05, 0.1) is 26.4 Å². The number of carbonyl (C=O) groups excluding carboxylic acids is 4. The van der Waals surface area contributed by atoms with Gasteiger partial charge in [-0.2, -0.15) is 0 Å². The van der Waals surface area contributed by atoms with Gasteiger partial charge < -0.3 is 33.8 Å². The number of unbranched alkanes of at least 4 members (excludes halogenated alkanes) is 16. The standard InChI is InChI=1S/C83H134O17P2/c1-5-9-13-17-21-25-29-32-35-37-38-40-43-45-49-52-56-60-64-68-81(86)94-74-79(100-83(88)70-66-62-58-54-50-46-41-34-31-27-23-19-15-11-7-3)76-98-102(91,92)96-72-77(84)71-95-101(89,90)97-75-78(99-82(87)69-65-61-57-53-47-28-24-20-16-12-8-4)73-93-80(85)67-63-59-55-51-48-44-42-39-36-33-30-26-22-18-14-10-6-2/h9-11,13-15,20-27,32-36,38,40-41,45,49-50,54,56,60,77-79,84H,5-8,12,16-19,28-31,37,39,42-44,46-48,51-53,55,57-59,61-76H2,1-4H3,(H,89,90)(H,91,92)/b13-9-,14-10-,15-11-,24-20-,25-21-,26-22-,27-23-,35-32-,36-33-,40-38-,41-34-,49-45-,54-50-,60-56-. The SMILES string of the molecule is CC/C=C\C/C=C\C/C=C\C/C=C\C/C=C\C/C=C\CCC(=O)OCC(COP(=O)(O)OCC(O)COP(=O)(O)OCC(COC(=O)CCCCCCCCC/C=C\C/C=C\C/C=C\CC)OC(=O)CCCCCCC/C=C\CCCC)OC(=O)CCCC/C=C\C/C=C\C/C=C\C/C=C\CC. The van der Waals surface area contributed by atoms with Gasteiger partial charge >= 0.3 is 39.5 Å². The van der Waals surface area contributed by atoms with Crippen LogP contribution in [0.25, 0.3) is 0 Å². The van der Waals surface area contributed by atoms with E-state index in [4.69, 9.17) is 37.0 Å². The van der Waals surface area contributed by atoms with Crippen molar-refractivity contribution < 1.29 is 80.2 Å². The summed E-state index contributed by atoms with van der Waals surface area (Å²) in [6, 6.07) is 0. The van der Waals surface area contributed by atoms with E-state index in [1.54, 1.807) is 0 Å². The molecule has 0 aromatic rings. The van der Waals surface area contributed by atoms with E-state index in [0.29, 0.717) is 38.5 Å². The Hall–Kier alpha value is -5.58. The molecule has 578 valence electrons. The van der Waals surface area contributed by atoms with Gasteiger partial charge in [-0.15, -0.1) is 0 Å². The molecule has 0 fully saturated rings. The van der Waals surface area contributed by atoms with Crippen LogP contribution in [-0.4, -0.2) is 96.7 Å². The molecule has 0 bridgehead atoms. The summed E-state index contributed by atoms with van der Waals surface area (Å²) in [4.78, 5) is 72.8. The number of aliphatic hydroxyl groups excluding tert-OH is 1. The van der Waals surface area contributed by atoms with Gasteiger partial charge in [0.15, 0.2) is 12.2 Å². The number of esters is 4. The predicted molar refractivity (Wildman–Crippen MR) is 417 cm³/mol. The average molecular weight is 1470 g/mol. The molecule has 0 spiro atoms. The number of allylic oxidation sites excluding steroid dienone is 28. The summed E-state index contributed by atoms with van der Waals surface area (Å²) in [7, 11) is -10.0. The molecular weight excluding hydrogens is 1330 g/mol. The summed E-state index contributed by atoms with van der Waals surface area (Å²) in [5.41, 5.74) is 0. The maximum atomic E-state index is 13.1. The summed E-state index contributed by atoms with van der Waals surface area (Å²) in [6.45, 7) is 4.31. The van der Waals surface area contributed by atoms with Gasteiger partial charge in [-0.05, 0) is 154 Å². The molecule has 5 unspecified atom stereocenters. The molecule has 5 atom stereocenters. The van der Waals surface area contributed by atoms with Gasteiger partial charge in [0.2, 0.25) is 0 Å². The highest BCUT2D eigenvalue weighted by atomic mass is 31.2. The summed E-state index contributed by atoms with van der Waals surface area (Å²) in [6.07, 6.45) is 86.6. The number of ether oxygens (including phenoxy) is 4. The van der Waals surface area contributed by atoms with Gasteiger partial charge in [0.25, 0.3) is 0 Å². The molecule has 0 saturated heterocycles. The molecule has 0 amide bonds. The first-order valence-electron chi connectivity index (χ1n) is 38.4. The maximum absolute atomic E-state index is 13.1. The van der Waals surface area contributed by atoms with Gasteiger partial charge in [-0.25, -0.2) is 9.13 Å². The van der Waals surface area contributed by atoms with Crippen molar-refractivity contribution >= 4 is 39.5 Å². The van der Waals surface area contributed by atoms with Crippen molar-refractivity contribution in [2.24, 2.45) is 0 Å². The van der Waals surface area contributed by atoms with Crippen LogP contribution in [-0.2, 0) is 65.4 Å². The summed E-state index contributed by atoms with van der Waals surface area (Å²) in [5, 5.41) is 10.6. The van der Waals surface area contributed by atoms with Crippen LogP contribution in [0.3, 0.4) is 0 Å². The van der Waals surface area contributed by atoms with Crippen LogP contribution in [0.15, 0.2) is 170 Å². The first-order valence-corrected chi connectivity index (χ1v) is 41.4.